The molecule has 3 rings (SSSR count). The Labute approximate surface area is 156 Å². The van der Waals surface area contributed by atoms with Crippen LogP contribution < -0.4 is 4.74 Å². The second-order valence-corrected chi connectivity index (χ2v) is 6.45. The van der Waals surface area contributed by atoms with Gasteiger partial charge >= 0.3 is 0 Å². The highest BCUT2D eigenvalue weighted by molar-refractivity contribution is 7.98. The van der Waals surface area contributed by atoms with Gasteiger partial charge in [0, 0.05) is 17.5 Å². The Morgan fingerprint density at radius 3 is 2.62 bits per heavy atom. The molecule has 134 valence electrons. The summed E-state index contributed by atoms with van der Waals surface area (Å²) in [5, 5.41) is 3.99. The van der Waals surface area contributed by atoms with Crippen LogP contribution in [0.4, 0.5) is 0 Å². The van der Waals surface area contributed by atoms with Crippen LogP contribution in [0.2, 0.25) is 0 Å². The van der Waals surface area contributed by atoms with E-state index in [1.165, 1.54) is 0 Å². The number of carbonyl (C=O) groups is 1. The SMILES string of the molecule is COc1ccc(-c2noc(CN(C)C(=O)c3ccccc3SC)n2)cc1. The fourth-order valence-electron chi connectivity index (χ4n) is 2.48. The van der Waals surface area contributed by atoms with Crippen LogP contribution in [0.15, 0.2) is 57.9 Å². The van der Waals surface area contributed by atoms with Gasteiger partial charge < -0.3 is 14.2 Å². The molecular weight excluding hydrogens is 350 g/mol. The van der Waals surface area contributed by atoms with Crippen LogP contribution in [-0.4, -0.2) is 41.4 Å². The lowest BCUT2D eigenvalue weighted by Crippen LogP contribution is -2.26. The Bertz CT molecular complexity index is 893. The summed E-state index contributed by atoms with van der Waals surface area (Å²) in [6.07, 6.45) is 1.95. The lowest BCUT2D eigenvalue weighted by Gasteiger charge is -2.16. The first-order valence-electron chi connectivity index (χ1n) is 7.98. The normalized spacial score (nSPS) is 10.6. The first-order chi connectivity index (χ1) is 12.6. The lowest BCUT2D eigenvalue weighted by atomic mass is 10.2. The van der Waals surface area contributed by atoms with Crippen molar-refractivity contribution in [2.24, 2.45) is 0 Å². The maximum atomic E-state index is 12.7. The van der Waals surface area contributed by atoms with Gasteiger partial charge in [0.15, 0.2) is 0 Å². The monoisotopic (exact) mass is 369 g/mol. The summed E-state index contributed by atoms with van der Waals surface area (Å²) in [6.45, 7) is 0.241. The van der Waals surface area contributed by atoms with Crippen molar-refractivity contribution in [2.75, 3.05) is 20.4 Å². The van der Waals surface area contributed by atoms with Crippen molar-refractivity contribution in [1.29, 1.82) is 0 Å². The zero-order valence-corrected chi connectivity index (χ0v) is 15.6. The highest BCUT2D eigenvalue weighted by Gasteiger charge is 2.18. The molecule has 7 heteroatoms. The molecule has 0 aliphatic carbocycles. The molecule has 0 spiro atoms. The fraction of sp³-hybridized carbons (Fsp3) is 0.211. The Morgan fingerprint density at radius 1 is 1.19 bits per heavy atom. The molecule has 0 N–H and O–H groups in total. The maximum absolute atomic E-state index is 12.7. The number of amides is 1. The van der Waals surface area contributed by atoms with Gasteiger partial charge in [-0.2, -0.15) is 4.98 Å². The number of thioether (sulfide) groups is 1. The van der Waals surface area contributed by atoms with E-state index >= 15 is 0 Å². The molecular formula is C19H19N3O3S. The van der Waals surface area contributed by atoms with Gasteiger partial charge in [-0.05, 0) is 42.7 Å². The average Bonchev–Trinajstić information content (AvgIpc) is 3.15. The molecule has 0 aliphatic heterocycles. The van der Waals surface area contributed by atoms with Gasteiger partial charge in [-0.3, -0.25) is 4.79 Å². The van der Waals surface area contributed by atoms with Crippen LogP contribution in [-0.2, 0) is 6.54 Å². The van der Waals surface area contributed by atoms with Crippen molar-refractivity contribution in [3.8, 4) is 17.1 Å². The summed E-state index contributed by atoms with van der Waals surface area (Å²) in [6, 6.07) is 14.9. The van der Waals surface area contributed by atoms with E-state index in [4.69, 9.17) is 9.26 Å². The molecule has 1 aromatic heterocycles. The van der Waals surface area contributed by atoms with Gasteiger partial charge in [-0.1, -0.05) is 17.3 Å². The second-order valence-electron chi connectivity index (χ2n) is 5.60. The Kier molecular flexibility index (Phi) is 5.58. The number of nitrogens with zero attached hydrogens (tertiary/aromatic N) is 3. The van der Waals surface area contributed by atoms with Crippen molar-refractivity contribution in [3.05, 3.63) is 60.0 Å². The van der Waals surface area contributed by atoms with Crippen molar-refractivity contribution in [3.63, 3.8) is 0 Å². The molecule has 2 aromatic carbocycles. The highest BCUT2D eigenvalue weighted by Crippen LogP contribution is 2.22. The molecule has 0 radical (unpaired) electrons. The molecule has 0 aliphatic rings. The number of hydrogen-bond donors (Lipinski definition) is 0. The Morgan fingerprint density at radius 2 is 1.92 bits per heavy atom. The third kappa shape index (κ3) is 3.88. The van der Waals surface area contributed by atoms with Gasteiger partial charge in [0.1, 0.15) is 5.75 Å². The third-order valence-electron chi connectivity index (χ3n) is 3.87. The van der Waals surface area contributed by atoms with Gasteiger partial charge in [-0.25, -0.2) is 0 Å². The molecule has 0 atom stereocenters. The molecule has 0 saturated heterocycles. The number of hydrogen-bond acceptors (Lipinski definition) is 6. The Hall–Kier alpha value is -2.80. The first kappa shape index (κ1) is 18.0. The molecule has 0 fully saturated rings. The summed E-state index contributed by atoms with van der Waals surface area (Å²) in [4.78, 5) is 19.6. The van der Waals surface area contributed by atoms with Crippen LogP contribution in [0.3, 0.4) is 0 Å². The minimum absolute atomic E-state index is 0.0841. The minimum Gasteiger partial charge on any atom is -0.497 e. The summed E-state index contributed by atoms with van der Waals surface area (Å²) in [5.74, 6) is 1.54. The number of ether oxygens (including phenoxy) is 1. The van der Waals surface area contributed by atoms with Crippen LogP contribution in [0, 0.1) is 0 Å². The number of benzene rings is 2. The number of rotatable bonds is 6. The minimum atomic E-state index is -0.0841. The third-order valence-corrected chi connectivity index (χ3v) is 4.67. The highest BCUT2D eigenvalue weighted by atomic mass is 32.2. The van der Waals surface area contributed by atoms with Crippen molar-refractivity contribution in [2.45, 2.75) is 11.4 Å². The topological polar surface area (TPSA) is 68.5 Å². The molecule has 0 unspecified atom stereocenters. The van der Waals surface area contributed by atoms with E-state index in [1.54, 1.807) is 30.8 Å². The number of methoxy groups -OCH3 is 1. The van der Waals surface area contributed by atoms with E-state index in [0.29, 0.717) is 17.3 Å². The zero-order chi connectivity index (χ0) is 18.5. The quantitative estimate of drug-likeness (QED) is 0.617. The van der Waals surface area contributed by atoms with Gasteiger partial charge in [0.05, 0.1) is 19.2 Å². The fourth-order valence-corrected chi connectivity index (χ4v) is 3.07. The number of aromatic nitrogens is 2. The molecule has 6 nitrogen and oxygen atoms in total. The molecule has 1 amide bonds. The van der Waals surface area contributed by atoms with E-state index in [0.717, 1.165) is 16.2 Å². The van der Waals surface area contributed by atoms with E-state index in [9.17, 15) is 4.79 Å². The second kappa shape index (κ2) is 8.05. The van der Waals surface area contributed by atoms with Crippen LogP contribution in [0.25, 0.3) is 11.4 Å². The average molecular weight is 369 g/mol. The number of carbonyl (C=O) groups excluding carboxylic acids is 1. The van der Waals surface area contributed by atoms with Crippen LogP contribution >= 0.6 is 11.8 Å². The van der Waals surface area contributed by atoms with E-state index < -0.39 is 0 Å². The summed E-state index contributed by atoms with van der Waals surface area (Å²) >= 11 is 1.54. The molecule has 3 aromatic rings. The summed E-state index contributed by atoms with van der Waals surface area (Å²) in [5.41, 5.74) is 1.49. The van der Waals surface area contributed by atoms with Crippen molar-refractivity contribution >= 4 is 17.7 Å². The summed E-state index contributed by atoms with van der Waals surface area (Å²) in [7, 11) is 3.33. The summed E-state index contributed by atoms with van der Waals surface area (Å²) < 4.78 is 10.4. The molecule has 0 bridgehead atoms. The van der Waals surface area contributed by atoms with Crippen LogP contribution in [0.5, 0.6) is 5.75 Å². The predicted octanol–water partition coefficient (Wildman–Crippen LogP) is 3.74. The van der Waals surface area contributed by atoms with E-state index in [-0.39, 0.29) is 12.5 Å². The van der Waals surface area contributed by atoms with E-state index in [1.807, 2.05) is 54.8 Å². The largest absolute Gasteiger partial charge is 0.497 e. The van der Waals surface area contributed by atoms with Crippen molar-refractivity contribution in [1.82, 2.24) is 15.0 Å². The van der Waals surface area contributed by atoms with Crippen molar-refractivity contribution < 1.29 is 14.1 Å². The maximum Gasteiger partial charge on any atom is 0.255 e. The smallest absolute Gasteiger partial charge is 0.255 e. The lowest BCUT2D eigenvalue weighted by molar-refractivity contribution is 0.0766. The van der Waals surface area contributed by atoms with Gasteiger partial charge in [0.2, 0.25) is 11.7 Å². The zero-order valence-electron chi connectivity index (χ0n) is 14.8. The van der Waals surface area contributed by atoms with Gasteiger partial charge in [0.25, 0.3) is 5.91 Å². The first-order valence-corrected chi connectivity index (χ1v) is 9.20. The van der Waals surface area contributed by atoms with Gasteiger partial charge in [-0.15, -0.1) is 11.8 Å². The standard InChI is InChI=1S/C19H19N3O3S/c1-22(19(23)15-6-4-5-7-16(15)26-3)12-17-20-18(21-25-17)13-8-10-14(24-2)11-9-13/h4-11H,12H2,1-3H3. The van der Waals surface area contributed by atoms with E-state index in [2.05, 4.69) is 10.1 Å². The van der Waals surface area contributed by atoms with Crippen LogP contribution in [0.1, 0.15) is 16.2 Å². The molecule has 0 saturated carbocycles. The molecule has 1 heterocycles. The molecule has 26 heavy (non-hydrogen) atoms. The predicted molar refractivity (Wildman–Crippen MR) is 100 cm³/mol. The Balaban J connectivity index is 1.72.